The topological polar surface area (TPSA) is 78.3 Å². The van der Waals surface area contributed by atoms with Crippen LogP contribution in [0.4, 0.5) is 5.82 Å². The molecule has 0 amide bonds. The molecule has 0 bridgehead atoms. The molecule has 2 fully saturated rings. The highest BCUT2D eigenvalue weighted by Gasteiger charge is 2.24. The molecular weight excluding hydrogens is 268 g/mol. The summed E-state index contributed by atoms with van der Waals surface area (Å²) in [6.07, 6.45) is 6.64. The lowest BCUT2D eigenvalue weighted by Crippen LogP contribution is -2.43. The fourth-order valence-corrected chi connectivity index (χ4v) is 2.94. The molecule has 7 heteroatoms. The van der Waals surface area contributed by atoms with E-state index >= 15 is 0 Å². The maximum Gasteiger partial charge on any atom is 0.348 e. The molecule has 0 unspecified atom stereocenters. The third kappa shape index (κ3) is 2.65. The first-order chi connectivity index (χ1) is 10.3. The predicted molar refractivity (Wildman–Crippen MR) is 79.6 cm³/mol. The minimum Gasteiger partial charge on any atom is -0.356 e. The molecule has 0 aromatic carbocycles. The molecule has 2 aromatic rings. The van der Waals surface area contributed by atoms with Crippen LogP contribution in [0.1, 0.15) is 25.7 Å². The first-order valence-corrected chi connectivity index (χ1v) is 7.71. The Labute approximate surface area is 122 Å². The van der Waals surface area contributed by atoms with Gasteiger partial charge in [0.15, 0.2) is 5.65 Å². The zero-order chi connectivity index (χ0) is 14.2. The van der Waals surface area contributed by atoms with Crippen molar-refractivity contribution in [3.63, 3.8) is 0 Å². The smallest absolute Gasteiger partial charge is 0.348 e. The highest BCUT2D eigenvalue weighted by molar-refractivity contribution is 5.50. The van der Waals surface area contributed by atoms with Crippen LogP contribution in [0.15, 0.2) is 17.2 Å². The van der Waals surface area contributed by atoms with Gasteiger partial charge in [-0.05, 0) is 38.1 Å². The molecule has 0 atom stereocenters. The highest BCUT2D eigenvalue weighted by Crippen LogP contribution is 2.28. The Kier molecular flexibility index (Phi) is 3.14. The van der Waals surface area contributed by atoms with Gasteiger partial charge in [-0.3, -0.25) is 0 Å². The van der Waals surface area contributed by atoms with E-state index in [-0.39, 0.29) is 5.69 Å². The van der Waals surface area contributed by atoms with E-state index in [4.69, 9.17) is 0 Å². The van der Waals surface area contributed by atoms with Crippen LogP contribution < -0.4 is 15.9 Å². The van der Waals surface area contributed by atoms with E-state index in [1.165, 1.54) is 23.8 Å². The van der Waals surface area contributed by atoms with Crippen LogP contribution in [0.25, 0.3) is 5.65 Å². The minimum absolute atomic E-state index is 0.243. The zero-order valence-electron chi connectivity index (χ0n) is 12.0. The van der Waals surface area contributed by atoms with E-state index in [9.17, 15) is 4.79 Å². The molecule has 2 aromatic heterocycles. The average Bonchev–Trinajstić information content (AvgIpc) is 3.29. The normalized spacial score (nSPS) is 20.3. The van der Waals surface area contributed by atoms with Crippen molar-refractivity contribution in [1.82, 2.24) is 24.9 Å². The Morgan fingerprint density at radius 2 is 2.10 bits per heavy atom. The fraction of sp³-hybridized carbons (Fsp3) is 0.643. The van der Waals surface area contributed by atoms with Crippen molar-refractivity contribution < 1.29 is 0 Å². The molecule has 7 nitrogen and oxygen atoms in total. The maximum atomic E-state index is 11.4. The molecule has 1 saturated heterocycles. The van der Waals surface area contributed by atoms with Crippen molar-refractivity contribution in [2.45, 2.75) is 31.7 Å². The Morgan fingerprint density at radius 1 is 1.29 bits per heavy atom. The number of anilines is 1. The van der Waals surface area contributed by atoms with Crippen molar-refractivity contribution in [2.24, 2.45) is 5.92 Å². The van der Waals surface area contributed by atoms with Gasteiger partial charge in [0, 0.05) is 25.2 Å². The van der Waals surface area contributed by atoms with E-state index in [0.717, 1.165) is 37.7 Å². The Balaban J connectivity index is 1.40. The standard InChI is InChI=1S/C14H20N6O/c21-14-18-17-13-7-12(16-9-20(13)14)19-5-3-11(4-6-19)15-8-10-1-2-10/h7,9-11,15H,1-6,8H2,(H,18,21). The summed E-state index contributed by atoms with van der Waals surface area (Å²) in [7, 11) is 0. The molecular formula is C14H20N6O. The van der Waals surface area contributed by atoms with Gasteiger partial charge < -0.3 is 10.2 Å². The molecule has 2 aliphatic rings. The highest BCUT2D eigenvalue weighted by atomic mass is 16.1. The van der Waals surface area contributed by atoms with Crippen molar-refractivity contribution >= 4 is 11.5 Å². The lowest BCUT2D eigenvalue weighted by atomic mass is 10.0. The van der Waals surface area contributed by atoms with Gasteiger partial charge in [-0.25, -0.2) is 19.3 Å². The van der Waals surface area contributed by atoms with Crippen LogP contribution >= 0.6 is 0 Å². The molecule has 1 saturated carbocycles. The van der Waals surface area contributed by atoms with E-state index in [1.54, 1.807) is 6.33 Å². The third-order valence-corrected chi connectivity index (χ3v) is 4.51. The van der Waals surface area contributed by atoms with Crippen molar-refractivity contribution in [1.29, 1.82) is 0 Å². The van der Waals surface area contributed by atoms with Gasteiger partial charge in [0.1, 0.15) is 12.1 Å². The Morgan fingerprint density at radius 3 is 2.86 bits per heavy atom. The summed E-state index contributed by atoms with van der Waals surface area (Å²) in [5.74, 6) is 1.84. The van der Waals surface area contributed by atoms with Gasteiger partial charge in [0.25, 0.3) is 0 Å². The molecule has 1 aliphatic carbocycles. The number of aromatic nitrogens is 4. The van der Waals surface area contributed by atoms with E-state index in [1.807, 2.05) is 6.07 Å². The van der Waals surface area contributed by atoms with Crippen LogP contribution in [-0.2, 0) is 0 Å². The number of rotatable bonds is 4. The summed E-state index contributed by atoms with van der Waals surface area (Å²) in [6, 6.07) is 2.51. The summed E-state index contributed by atoms with van der Waals surface area (Å²) < 4.78 is 1.42. The first kappa shape index (κ1) is 12.8. The van der Waals surface area contributed by atoms with E-state index in [0.29, 0.717) is 11.7 Å². The zero-order valence-corrected chi connectivity index (χ0v) is 12.0. The summed E-state index contributed by atoms with van der Waals surface area (Å²) >= 11 is 0. The van der Waals surface area contributed by atoms with E-state index in [2.05, 4.69) is 25.4 Å². The predicted octanol–water partition coefficient (Wildman–Crippen LogP) is 0.386. The number of aromatic amines is 1. The minimum atomic E-state index is -0.243. The second-order valence-electron chi connectivity index (χ2n) is 6.12. The van der Waals surface area contributed by atoms with Gasteiger partial charge in [-0.2, -0.15) is 5.10 Å². The molecule has 0 spiro atoms. The van der Waals surface area contributed by atoms with Crippen LogP contribution in [-0.4, -0.2) is 45.3 Å². The summed E-state index contributed by atoms with van der Waals surface area (Å²) in [6.45, 7) is 3.19. The molecule has 3 heterocycles. The van der Waals surface area contributed by atoms with Gasteiger partial charge in [0.05, 0.1) is 0 Å². The second-order valence-corrected chi connectivity index (χ2v) is 6.12. The number of piperidine rings is 1. The van der Waals surface area contributed by atoms with Gasteiger partial charge >= 0.3 is 5.69 Å². The number of H-pyrrole nitrogens is 1. The van der Waals surface area contributed by atoms with Crippen LogP contribution in [0.3, 0.4) is 0 Å². The molecule has 21 heavy (non-hydrogen) atoms. The Hall–Kier alpha value is -1.89. The molecule has 112 valence electrons. The summed E-state index contributed by atoms with van der Waals surface area (Å²) in [5.41, 5.74) is 0.381. The maximum absolute atomic E-state index is 11.4. The van der Waals surface area contributed by atoms with Crippen molar-refractivity contribution in [3.05, 3.63) is 22.9 Å². The number of fused-ring (bicyclic) bond motifs is 1. The van der Waals surface area contributed by atoms with Gasteiger partial charge in [-0.15, -0.1) is 0 Å². The van der Waals surface area contributed by atoms with Crippen LogP contribution in [0, 0.1) is 5.92 Å². The monoisotopic (exact) mass is 288 g/mol. The first-order valence-electron chi connectivity index (χ1n) is 7.71. The molecule has 0 radical (unpaired) electrons. The second kappa shape index (κ2) is 5.14. The lowest BCUT2D eigenvalue weighted by Gasteiger charge is -2.33. The number of nitrogens with zero attached hydrogens (tertiary/aromatic N) is 4. The fourth-order valence-electron chi connectivity index (χ4n) is 2.94. The van der Waals surface area contributed by atoms with Gasteiger partial charge in [0.2, 0.25) is 0 Å². The molecule has 2 N–H and O–H groups in total. The van der Waals surface area contributed by atoms with Crippen molar-refractivity contribution in [2.75, 3.05) is 24.5 Å². The SMILES string of the molecule is O=c1[nH]nc2cc(N3CCC(NCC4CC4)CC3)ncn12. The third-order valence-electron chi connectivity index (χ3n) is 4.51. The van der Waals surface area contributed by atoms with Crippen molar-refractivity contribution in [3.8, 4) is 0 Å². The molecule has 4 rings (SSSR count). The number of nitrogens with one attached hydrogen (secondary N) is 2. The quantitative estimate of drug-likeness (QED) is 0.851. The number of hydrogen-bond donors (Lipinski definition) is 2. The average molecular weight is 288 g/mol. The van der Waals surface area contributed by atoms with Crippen LogP contribution in [0.2, 0.25) is 0 Å². The lowest BCUT2D eigenvalue weighted by molar-refractivity contribution is 0.407. The summed E-state index contributed by atoms with van der Waals surface area (Å²) in [4.78, 5) is 18.1. The number of hydrogen-bond acceptors (Lipinski definition) is 5. The van der Waals surface area contributed by atoms with Crippen LogP contribution in [0.5, 0.6) is 0 Å². The Bertz CT molecular complexity index is 680. The largest absolute Gasteiger partial charge is 0.356 e. The molecule has 1 aliphatic heterocycles. The van der Waals surface area contributed by atoms with E-state index < -0.39 is 0 Å². The van der Waals surface area contributed by atoms with Gasteiger partial charge in [-0.1, -0.05) is 0 Å². The summed E-state index contributed by atoms with van der Waals surface area (Å²) in [5, 5.41) is 10.1.